The molecular weight excluding hydrogens is 374 g/mol. The van der Waals surface area contributed by atoms with Gasteiger partial charge in [0.15, 0.2) is 0 Å². The van der Waals surface area contributed by atoms with E-state index in [-0.39, 0.29) is 18.0 Å². The van der Waals surface area contributed by atoms with Crippen molar-refractivity contribution in [2.45, 2.75) is 18.4 Å². The van der Waals surface area contributed by atoms with E-state index < -0.39 is 15.9 Å². The van der Waals surface area contributed by atoms with Crippen molar-refractivity contribution in [3.05, 3.63) is 90.3 Å². The first-order valence-corrected chi connectivity index (χ1v) is 10.2. The summed E-state index contributed by atoms with van der Waals surface area (Å²) < 4.78 is 27.5. The van der Waals surface area contributed by atoms with E-state index in [0.29, 0.717) is 5.69 Å². The first kappa shape index (κ1) is 19.6. The highest BCUT2D eigenvalue weighted by Gasteiger charge is 2.26. The second kappa shape index (κ2) is 8.67. The molecule has 0 bridgehead atoms. The lowest BCUT2D eigenvalue weighted by Crippen LogP contribution is -2.40. The van der Waals surface area contributed by atoms with Crippen molar-refractivity contribution < 1.29 is 13.2 Å². The molecule has 1 N–H and O–H groups in total. The van der Waals surface area contributed by atoms with Gasteiger partial charge in [0, 0.05) is 18.9 Å². The van der Waals surface area contributed by atoms with Gasteiger partial charge in [-0.25, -0.2) is 8.42 Å². The van der Waals surface area contributed by atoms with Gasteiger partial charge in [0.2, 0.25) is 5.91 Å². The molecule has 0 radical (unpaired) electrons. The van der Waals surface area contributed by atoms with Crippen LogP contribution in [-0.2, 0) is 21.4 Å². The summed E-state index contributed by atoms with van der Waals surface area (Å²) in [4.78, 5) is 16.6. The molecule has 1 aromatic heterocycles. The number of benzene rings is 2. The van der Waals surface area contributed by atoms with Gasteiger partial charge >= 0.3 is 0 Å². The van der Waals surface area contributed by atoms with Crippen LogP contribution in [0.5, 0.6) is 0 Å². The van der Waals surface area contributed by atoms with Crippen LogP contribution in [0.25, 0.3) is 0 Å². The van der Waals surface area contributed by atoms with Crippen molar-refractivity contribution in [1.82, 2.24) is 10.3 Å². The normalized spacial score (nSPS) is 11.0. The van der Waals surface area contributed by atoms with Gasteiger partial charge in [-0.15, -0.1) is 0 Å². The molecular formula is C21H21N3O3S. The molecule has 3 aromatic rings. The molecule has 1 amide bonds. The van der Waals surface area contributed by atoms with Gasteiger partial charge < -0.3 is 5.32 Å². The Bertz CT molecular complexity index is 1020. The SMILES string of the molecule is Cc1ccc(N(CC(=O)NCc2cccnc2)S(=O)(=O)c2ccccc2)cc1. The van der Waals surface area contributed by atoms with Crippen LogP contribution in [0.3, 0.4) is 0 Å². The smallest absolute Gasteiger partial charge is 0.264 e. The number of carbonyl (C=O) groups is 1. The predicted octanol–water partition coefficient (Wildman–Crippen LogP) is 2.90. The zero-order valence-corrected chi connectivity index (χ0v) is 16.3. The van der Waals surface area contributed by atoms with Crippen LogP contribution in [0.2, 0.25) is 0 Å². The summed E-state index contributed by atoms with van der Waals surface area (Å²) in [6.07, 6.45) is 3.30. The summed E-state index contributed by atoms with van der Waals surface area (Å²) in [5, 5.41) is 2.75. The topological polar surface area (TPSA) is 79.4 Å². The molecule has 0 aliphatic rings. The summed E-state index contributed by atoms with van der Waals surface area (Å²) in [6, 6.07) is 18.7. The van der Waals surface area contributed by atoms with Gasteiger partial charge in [-0.05, 0) is 42.8 Å². The number of aryl methyl sites for hydroxylation is 1. The van der Waals surface area contributed by atoms with Crippen molar-refractivity contribution in [2.24, 2.45) is 0 Å². The first-order valence-electron chi connectivity index (χ1n) is 8.77. The quantitative estimate of drug-likeness (QED) is 0.667. The first-order chi connectivity index (χ1) is 13.5. The van der Waals surface area contributed by atoms with Gasteiger partial charge in [-0.3, -0.25) is 14.1 Å². The molecule has 144 valence electrons. The number of carbonyl (C=O) groups excluding carboxylic acids is 1. The van der Waals surface area contributed by atoms with Crippen molar-refractivity contribution in [1.29, 1.82) is 0 Å². The van der Waals surface area contributed by atoms with Gasteiger partial charge in [0.05, 0.1) is 10.6 Å². The fraction of sp³-hybridized carbons (Fsp3) is 0.143. The third-order valence-corrected chi connectivity index (χ3v) is 5.94. The Morgan fingerprint density at radius 1 is 1.00 bits per heavy atom. The van der Waals surface area contributed by atoms with E-state index in [4.69, 9.17) is 0 Å². The molecule has 3 rings (SSSR count). The summed E-state index contributed by atoms with van der Waals surface area (Å²) in [7, 11) is -3.88. The molecule has 0 unspecified atom stereocenters. The maximum atomic E-state index is 13.2. The monoisotopic (exact) mass is 395 g/mol. The second-order valence-corrected chi connectivity index (χ2v) is 8.16. The Hall–Kier alpha value is -3.19. The van der Waals surface area contributed by atoms with Crippen LogP contribution >= 0.6 is 0 Å². The number of aromatic nitrogens is 1. The molecule has 1 heterocycles. The van der Waals surface area contributed by atoms with Crippen LogP contribution in [0.15, 0.2) is 84.0 Å². The van der Waals surface area contributed by atoms with Crippen LogP contribution in [0.4, 0.5) is 5.69 Å². The fourth-order valence-electron chi connectivity index (χ4n) is 2.64. The number of sulfonamides is 1. The van der Waals surface area contributed by atoms with Crippen LogP contribution in [0, 0.1) is 6.92 Å². The van der Waals surface area contributed by atoms with E-state index in [1.54, 1.807) is 48.8 Å². The maximum Gasteiger partial charge on any atom is 0.264 e. The second-order valence-electron chi connectivity index (χ2n) is 6.30. The molecule has 0 aliphatic heterocycles. The van der Waals surface area contributed by atoms with E-state index in [9.17, 15) is 13.2 Å². The lowest BCUT2D eigenvalue weighted by molar-refractivity contribution is -0.119. The Labute approximate surface area is 164 Å². The molecule has 6 nitrogen and oxygen atoms in total. The number of anilines is 1. The largest absolute Gasteiger partial charge is 0.350 e. The summed E-state index contributed by atoms with van der Waals surface area (Å²) in [5.41, 5.74) is 2.27. The Morgan fingerprint density at radius 3 is 2.36 bits per heavy atom. The predicted molar refractivity (Wildman–Crippen MR) is 108 cm³/mol. The molecule has 0 saturated heterocycles. The van der Waals surface area contributed by atoms with Gasteiger partial charge in [-0.1, -0.05) is 42.0 Å². The summed E-state index contributed by atoms with van der Waals surface area (Å²) in [6.45, 7) is 1.88. The van der Waals surface area contributed by atoms with Crippen molar-refractivity contribution in [3.8, 4) is 0 Å². The molecule has 28 heavy (non-hydrogen) atoms. The lowest BCUT2D eigenvalue weighted by atomic mass is 10.2. The number of hydrogen-bond donors (Lipinski definition) is 1. The maximum absolute atomic E-state index is 13.2. The lowest BCUT2D eigenvalue weighted by Gasteiger charge is -2.24. The zero-order valence-electron chi connectivity index (χ0n) is 15.4. The van der Waals surface area contributed by atoms with Crippen LogP contribution in [0.1, 0.15) is 11.1 Å². The molecule has 7 heteroatoms. The van der Waals surface area contributed by atoms with Crippen molar-refractivity contribution in [2.75, 3.05) is 10.8 Å². The third-order valence-electron chi connectivity index (χ3n) is 4.15. The van der Waals surface area contributed by atoms with Gasteiger partial charge in [0.25, 0.3) is 10.0 Å². The third kappa shape index (κ3) is 4.75. The number of amides is 1. The molecule has 2 aromatic carbocycles. The summed E-state index contributed by atoms with van der Waals surface area (Å²) in [5.74, 6) is -0.399. The fourth-order valence-corrected chi connectivity index (χ4v) is 4.08. The van der Waals surface area contributed by atoms with E-state index >= 15 is 0 Å². The number of nitrogens with one attached hydrogen (secondary N) is 1. The zero-order chi connectivity index (χ0) is 20.0. The van der Waals surface area contributed by atoms with E-state index in [1.807, 2.05) is 25.1 Å². The van der Waals surface area contributed by atoms with Crippen LogP contribution < -0.4 is 9.62 Å². The summed E-state index contributed by atoms with van der Waals surface area (Å²) >= 11 is 0. The Kier molecular flexibility index (Phi) is 6.06. The molecule has 0 aliphatic carbocycles. The number of rotatable bonds is 7. The molecule has 0 saturated carbocycles. The van der Waals surface area contributed by atoms with E-state index in [1.165, 1.54) is 12.1 Å². The van der Waals surface area contributed by atoms with Crippen molar-refractivity contribution in [3.63, 3.8) is 0 Å². The average Bonchev–Trinajstić information content (AvgIpc) is 2.72. The molecule has 0 fully saturated rings. The number of nitrogens with zero attached hydrogens (tertiary/aromatic N) is 2. The van der Waals surface area contributed by atoms with Gasteiger partial charge in [-0.2, -0.15) is 0 Å². The Balaban J connectivity index is 1.84. The molecule has 0 atom stereocenters. The van der Waals surface area contributed by atoms with E-state index in [0.717, 1.165) is 15.4 Å². The van der Waals surface area contributed by atoms with Crippen molar-refractivity contribution >= 4 is 21.6 Å². The van der Waals surface area contributed by atoms with Gasteiger partial charge in [0.1, 0.15) is 6.54 Å². The minimum absolute atomic E-state index is 0.135. The number of hydrogen-bond acceptors (Lipinski definition) is 4. The Morgan fingerprint density at radius 2 is 1.71 bits per heavy atom. The highest BCUT2D eigenvalue weighted by atomic mass is 32.2. The average molecular weight is 395 g/mol. The van der Waals surface area contributed by atoms with Crippen LogP contribution in [-0.4, -0.2) is 25.9 Å². The number of pyridine rings is 1. The standard InChI is InChI=1S/C21H21N3O3S/c1-17-9-11-19(12-10-17)24(28(26,27)20-7-3-2-4-8-20)16-21(25)23-15-18-6-5-13-22-14-18/h2-14H,15-16H2,1H3,(H,23,25). The van der Waals surface area contributed by atoms with E-state index in [2.05, 4.69) is 10.3 Å². The molecule has 0 spiro atoms. The minimum Gasteiger partial charge on any atom is -0.350 e. The highest BCUT2D eigenvalue weighted by molar-refractivity contribution is 7.92. The highest BCUT2D eigenvalue weighted by Crippen LogP contribution is 2.23. The minimum atomic E-state index is -3.88.